The van der Waals surface area contributed by atoms with Crippen molar-refractivity contribution in [1.82, 2.24) is 0 Å². The number of anilines is 1. The Morgan fingerprint density at radius 3 is 2.61 bits per heavy atom. The second-order valence-corrected chi connectivity index (χ2v) is 5.64. The zero-order valence-corrected chi connectivity index (χ0v) is 12.7. The summed E-state index contributed by atoms with van der Waals surface area (Å²) in [4.78, 5) is 0. The summed E-state index contributed by atoms with van der Waals surface area (Å²) in [7, 11) is 0. The highest BCUT2D eigenvalue weighted by atomic mass is 79.9. The third-order valence-electron chi connectivity index (χ3n) is 2.96. The fourth-order valence-corrected chi connectivity index (χ4v) is 2.52. The van der Waals surface area contributed by atoms with E-state index in [-0.39, 0.29) is 6.04 Å². The first kappa shape index (κ1) is 13.4. The van der Waals surface area contributed by atoms with Gasteiger partial charge < -0.3 is 5.32 Å². The average Bonchev–Trinajstić information content (AvgIpc) is 2.34. The lowest BCUT2D eigenvalue weighted by Crippen LogP contribution is -2.08. The summed E-state index contributed by atoms with van der Waals surface area (Å²) in [6.45, 7) is 4.27. The number of nitrogens with one attached hydrogen (secondary N) is 1. The summed E-state index contributed by atoms with van der Waals surface area (Å²) in [5, 5.41) is 4.21. The van der Waals surface area contributed by atoms with Gasteiger partial charge in [-0.15, -0.1) is 0 Å². The van der Waals surface area contributed by atoms with Crippen LogP contribution in [0.5, 0.6) is 0 Å². The number of hydrogen-bond acceptors (Lipinski definition) is 1. The number of halogens is 2. The van der Waals surface area contributed by atoms with Crippen LogP contribution in [0.15, 0.2) is 46.9 Å². The molecule has 0 bridgehead atoms. The van der Waals surface area contributed by atoms with Crippen LogP contribution >= 0.6 is 27.5 Å². The molecule has 0 aliphatic rings. The maximum Gasteiger partial charge on any atom is 0.0504 e. The van der Waals surface area contributed by atoms with Gasteiger partial charge in [0, 0.05) is 15.5 Å². The van der Waals surface area contributed by atoms with E-state index in [1.165, 1.54) is 11.1 Å². The Labute approximate surface area is 121 Å². The summed E-state index contributed by atoms with van der Waals surface area (Å²) < 4.78 is 1.02. The molecule has 0 radical (unpaired) electrons. The van der Waals surface area contributed by atoms with Crippen molar-refractivity contribution in [3.8, 4) is 0 Å². The molecule has 0 saturated heterocycles. The molecule has 0 saturated carbocycles. The Balaban J connectivity index is 2.24. The zero-order chi connectivity index (χ0) is 13.1. The van der Waals surface area contributed by atoms with Gasteiger partial charge in [-0.05, 0) is 59.1 Å². The van der Waals surface area contributed by atoms with Crippen LogP contribution in [-0.4, -0.2) is 0 Å². The molecule has 1 unspecified atom stereocenters. The van der Waals surface area contributed by atoms with Crippen LogP contribution in [0.2, 0.25) is 5.02 Å². The fraction of sp³-hybridized carbons (Fsp3) is 0.200. The molecule has 3 heteroatoms. The Morgan fingerprint density at radius 2 is 1.89 bits per heavy atom. The van der Waals surface area contributed by atoms with E-state index in [0.717, 1.165) is 15.2 Å². The van der Waals surface area contributed by atoms with Gasteiger partial charge in [-0.25, -0.2) is 0 Å². The third kappa shape index (κ3) is 3.06. The molecule has 0 aromatic heterocycles. The maximum absolute atomic E-state index is 6.02. The predicted octanol–water partition coefficient (Wildman–Crippen LogP) is 5.58. The molecule has 0 aliphatic heterocycles. The molecular weight excluding hydrogens is 310 g/mol. The summed E-state index contributed by atoms with van der Waals surface area (Å²) in [6.07, 6.45) is 0. The van der Waals surface area contributed by atoms with E-state index in [4.69, 9.17) is 11.6 Å². The Bertz CT molecular complexity index is 554. The van der Waals surface area contributed by atoms with Crippen molar-refractivity contribution in [1.29, 1.82) is 0 Å². The maximum atomic E-state index is 6.02. The van der Waals surface area contributed by atoms with E-state index in [0.29, 0.717) is 0 Å². The van der Waals surface area contributed by atoms with E-state index < -0.39 is 0 Å². The highest BCUT2D eigenvalue weighted by molar-refractivity contribution is 9.10. The van der Waals surface area contributed by atoms with Crippen molar-refractivity contribution in [2.45, 2.75) is 19.9 Å². The van der Waals surface area contributed by atoms with Crippen molar-refractivity contribution < 1.29 is 0 Å². The van der Waals surface area contributed by atoms with E-state index in [1.807, 2.05) is 18.2 Å². The van der Waals surface area contributed by atoms with E-state index in [9.17, 15) is 0 Å². The molecule has 1 nitrogen and oxygen atoms in total. The summed E-state index contributed by atoms with van der Waals surface area (Å²) in [6, 6.07) is 14.4. The first-order valence-electron chi connectivity index (χ1n) is 5.85. The molecule has 94 valence electrons. The number of benzene rings is 2. The van der Waals surface area contributed by atoms with Crippen LogP contribution in [0.3, 0.4) is 0 Å². The van der Waals surface area contributed by atoms with Crippen LogP contribution in [0.1, 0.15) is 24.1 Å². The zero-order valence-electron chi connectivity index (χ0n) is 10.4. The average molecular weight is 325 g/mol. The predicted molar refractivity (Wildman–Crippen MR) is 82.4 cm³/mol. The molecule has 2 rings (SSSR count). The van der Waals surface area contributed by atoms with Gasteiger partial charge in [-0.2, -0.15) is 0 Å². The molecule has 0 spiro atoms. The Kier molecular flexibility index (Phi) is 4.31. The number of aryl methyl sites for hydroxylation is 1. The van der Waals surface area contributed by atoms with Gasteiger partial charge in [-0.3, -0.25) is 0 Å². The van der Waals surface area contributed by atoms with Gasteiger partial charge >= 0.3 is 0 Å². The van der Waals surface area contributed by atoms with Gasteiger partial charge in [0.25, 0.3) is 0 Å². The fourth-order valence-electron chi connectivity index (χ4n) is 1.99. The van der Waals surface area contributed by atoms with Gasteiger partial charge in [0.15, 0.2) is 0 Å². The van der Waals surface area contributed by atoms with Crippen LogP contribution in [-0.2, 0) is 0 Å². The minimum atomic E-state index is 0.237. The monoisotopic (exact) mass is 323 g/mol. The quantitative estimate of drug-likeness (QED) is 0.776. The van der Waals surface area contributed by atoms with Gasteiger partial charge in [0.05, 0.1) is 5.69 Å². The number of rotatable bonds is 3. The molecule has 2 aromatic carbocycles. The molecular formula is C15H15BrClN. The summed E-state index contributed by atoms with van der Waals surface area (Å²) in [5.41, 5.74) is 3.60. The normalized spacial score (nSPS) is 12.2. The lowest BCUT2D eigenvalue weighted by Gasteiger charge is -2.19. The molecule has 18 heavy (non-hydrogen) atoms. The molecule has 0 heterocycles. The Hall–Kier alpha value is -0.990. The molecule has 0 fully saturated rings. The van der Waals surface area contributed by atoms with Crippen LogP contribution in [0, 0.1) is 6.92 Å². The summed E-state index contributed by atoms with van der Waals surface area (Å²) >= 11 is 9.55. The first-order valence-corrected chi connectivity index (χ1v) is 7.02. The number of hydrogen-bond donors (Lipinski definition) is 1. The molecule has 0 aliphatic carbocycles. The molecule has 1 atom stereocenters. The lowest BCUT2D eigenvalue weighted by molar-refractivity contribution is 0.873. The molecule has 1 N–H and O–H groups in total. The molecule has 0 amide bonds. The van der Waals surface area contributed by atoms with Gasteiger partial charge in [-0.1, -0.05) is 35.9 Å². The lowest BCUT2D eigenvalue weighted by atomic mass is 10.0. The minimum Gasteiger partial charge on any atom is -0.378 e. The third-order valence-corrected chi connectivity index (χ3v) is 3.88. The highest BCUT2D eigenvalue weighted by Gasteiger charge is 2.09. The second kappa shape index (κ2) is 5.77. The largest absolute Gasteiger partial charge is 0.378 e. The van der Waals surface area contributed by atoms with Crippen molar-refractivity contribution >= 4 is 33.2 Å². The van der Waals surface area contributed by atoms with Gasteiger partial charge in [0.2, 0.25) is 0 Å². The Morgan fingerprint density at radius 1 is 1.17 bits per heavy atom. The SMILES string of the molecule is Cc1ccccc1C(C)Nc1cc(Cl)ccc1Br. The van der Waals surface area contributed by atoms with Crippen LogP contribution < -0.4 is 5.32 Å². The summed E-state index contributed by atoms with van der Waals surface area (Å²) in [5.74, 6) is 0. The van der Waals surface area contributed by atoms with Crippen molar-refractivity contribution in [2.24, 2.45) is 0 Å². The topological polar surface area (TPSA) is 12.0 Å². The van der Waals surface area contributed by atoms with Crippen molar-refractivity contribution in [3.63, 3.8) is 0 Å². The standard InChI is InChI=1S/C15H15BrClN/c1-10-5-3-4-6-13(10)11(2)18-15-9-12(17)7-8-14(15)16/h3-9,11,18H,1-2H3. The van der Waals surface area contributed by atoms with Crippen molar-refractivity contribution in [2.75, 3.05) is 5.32 Å². The first-order chi connectivity index (χ1) is 8.58. The van der Waals surface area contributed by atoms with E-state index in [2.05, 4.69) is 59.4 Å². The van der Waals surface area contributed by atoms with E-state index >= 15 is 0 Å². The molecule has 2 aromatic rings. The van der Waals surface area contributed by atoms with Gasteiger partial charge in [0.1, 0.15) is 0 Å². The van der Waals surface area contributed by atoms with Crippen LogP contribution in [0.4, 0.5) is 5.69 Å². The minimum absolute atomic E-state index is 0.237. The smallest absolute Gasteiger partial charge is 0.0504 e. The van der Waals surface area contributed by atoms with Crippen LogP contribution in [0.25, 0.3) is 0 Å². The van der Waals surface area contributed by atoms with Crippen molar-refractivity contribution in [3.05, 3.63) is 63.1 Å². The van der Waals surface area contributed by atoms with E-state index in [1.54, 1.807) is 0 Å². The highest BCUT2D eigenvalue weighted by Crippen LogP contribution is 2.30. The second-order valence-electron chi connectivity index (χ2n) is 4.35.